The van der Waals surface area contributed by atoms with Gasteiger partial charge in [0.25, 0.3) is 0 Å². The Kier molecular flexibility index (Phi) is 7.09. The Hall–Kier alpha value is -1.36. The Balaban J connectivity index is 1.85. The van der Waals surface area contributed by atoms with Crippen molar-refractivity contribution in [3.8, 4) is 11.5 Å². The molecule has 0 N–H and O–H groups in total. The van der Waals surface area contributed by atoms with Gasteiger partial charge in [0.15, 0.2) is 18.3 Å². The lowest BCUT2D eigenvalue weighted by atomic mass is 9.80. The minimum Gasteiger partial charge on any atom is -0.490 e. The highest BCUT2D eigenvalue weighted by Crippen LogP contribution is 2.33. The Morgan fingerprint density at radius 3 is 2.09 bits per heavy atom. The van der Waals surface area contributed by atoms with E-state index < -0.39 is 11.6 Å². The second-order valence-electron chi connectivity index (χ2n) is 6.23. The third-order valence-corrected chi connectivity index (χ3v) is 4.48. The molecule has 3 nitrogen and oxygen atoms in total. The van der Waals surface area contributed by atoms with Crippen LogP contribution in [0, 0.1) is 23.5 Å². The zero-order valence-corrected chi connectivity index (χ0v) is 13.9. The summed E-state index contributed by atoms with van der Waals surface area (Å²) in [5, 5.41) is 0. The van der Waals surface area contributed by atoms with Gasteiger partial charge in [0.2, 0.25) is 11.6 Å². The number of methoxy groups -OCH3 is 1. The molecule has 0 saturated heterocycles. The number of hydrogen-bond acceptors (Lipinski definition) is 3. The summed E-state index contributed by atoms with van der Waals surface area (Å²) >= 11 is 0. The molecule has 23 heavy (non-hydrogen) atoms. The van der Waals surface area contributed by atoms with E-state index in [1.165, 1.54) is 44.9 Å². The minimum atomic E-state index is -1.04. The summed E-state index contributed by atoms with van der Waals surface area (Å²) in [5.41, 5.74) is 0. The maximum Gasteiger partial charge on any atom is 0.204 e. The van der Waals surface area contributed by atoms with E-state index in [1.807, 2.05) is 0 Å². The van der Waals surface area contributed by atoms with E-state index in [0.29, 0.717) is 12.5 Å². The van der Waals surface area contributed by atoms with Crippen molar-refractivity contribution < 1.29 is 23.0 Å². The zero-order chi connectivity index (χ0) is 16.7. The van der Waals surface area contributed by atoms with E-state index in [0.717, 1.165) is 18.8 Å². The fourth-order valence-corrected chi connectivity index (χ4v) is 3.16. The molecule has 0 heterocycles. The number of benzene rings is 1. The molecule has 2 rings (SSSR count). The number of ether oxygens (including phenoxy) is 3. The maximum absolute atomic E-state index is 14.0. The lowest BCUT2D eigenvalue weighted by Gasteiger charge is -2.28. The normalized spacial score (nSPS) is 21.2. The molecule has 0 radical (unpaired) electrons. The van der Waals surface area contributed by atoms with Crippen LogP contribution in [0.2, 0.25) is 0 Å². The molecule has 0 spiro atoms. The molecule has 5 heteroatoms. The Labute approximate surface area is 136 Å². The minimum absolute atomic E-state index is 0.0528. The quantitative estimate of drug-likeness (QED) is 0.633. The lowest BCUT2D eigenvalue weighted by molar-refractivity contribution is 0.0475. The molecule has 1 aromatic rings. The smallest absolute Gasteiger partial charge is 0.204 e. The van der Waals surface area contributed by atoms with Crippen LogP contribution in [-0.2, 0) is 4.74 Å². The fourth-order valence-electron chi connectivity index (χ4n) is 3.16. The highest BCUT2D eigenvalue weighted by Gasteiger charge is 2.22. The van der Waals surface area contributed by atoms with Crippen LogP contribution >= 0.6 is 0 Å². The monoisotopic (exact) mass is 328 g/mol. The molecule has 0 aromatic heterocycles. The second-order valence-corrected chi connectivity index (χ2v) is 6.23. The standard InChI is InChI=1S/C18H26F2O3/c1-3-4-13-5-7-14(8-6-13)11-22-15-9-10-16(23-12-21-2)18(20)17(15)19/h9-10,13-14H,3-8,11-12H2,1-2H3. The fraction of sp³-hybridized carbons (Fsp3) is 0.667. The summed E-state index contributed by atoms with van der Waals surface area (Å²) in [6.45, 7) is 2.53. The third kappa shape index (κ3) is 5.06. The van der Waals surface area contributed by atoms with Crippen LogP contribution in [0.5, 0.6) is 11.5 Å². The van der Waals surface area contributed by atoms with Crippen molar-refractivity contribution in [2.75, 3.05) is 20.5 Å². The summed E-state index contributed by atoms with van der Waals surface area (Å²) in [5.74, 6) is -1.01. The molecule has 0 aliphatic heterocycles. The van der Waals surface area contributed by atoms with Crippen molar-refractivity contribution in [2.45, 2.75) is 45.4 Å². The van der Waals surface area contributed by atoms with Crippen LogP contribution in [0.15, 0.2) is 12.1 Å². The largest absolute Gasteiger partial charge is 0.490 e. The van der Waals surface area contributed by atoms with Gasteiger partial charge in [-0.1, -0.05) is 32.6 Å². The molecule has 1 aliphatic carbocycles. The summed E-state index contributed by atoms with van der Waals surface area (Å²) in [4.78, 5) is 0. The van der Waals surface area contributed by atoms with Gasteiger partial charge in [-0.25, -0.2) is 0 Å². The third-order valence-electron chi connectivity index (χ3n) is 4.48. The molecule has 1 saturated carbocycles. The van der Waals surface area contributed by atoms with Crippen LogP contribution in [0.3, 0.4) is 0 Å². The van der Waals surface area contributed by atoms with Gasteiger partial charge in [-0.3, -0.25) is 0 Å². The van der Waals surface area contributed by atoms with E-state index in [2.05, 4.69) is 11.7 Å². The van der Waals surface area contributed by atoms with Gasteiger partial charge in [0, 0.05) is 7.11 Å². The van der Waals surface area contributed by atoms with Crippen molar-refractivity contribution in [3.63, 3.8) is 0 Å². The highest BCUT2D eigenvalue weighted by molar-refractivity contribution is 5.35. The first-order chi connectivity index (χ1) is 11.2. The number of hydrogen-bond donors (Lipinski definition) is 0. The predicted molar refractivity (Wildman–Crippen MR) is 84.7 cm³/mol. The number of rotatable bonds is 8. The molecule has 1 aromatic carbocycles. The number of halogens is 2. The SMILES string of the molecule is CCCC1CCC(COc2ccc(OCOC)c(F)c2F)CC1. The van der Waals surface area contributed by atoms with Crippen molar-refractivity contribution in [1.82, 2.24) is 0 Å². The first-order valence-corrected chi connectivity index (χ1v) is 8.38. The molecular weight excluding hydrogens is 302 g/mol. The summed E-state index contributed by atoms with van der Waals surface area (Å²) in [6, 6.07) is 2.77. The van der Waals surface area contributed by atoms with E-state index in [9.17, 15) is 8.78 Å². The van der Waals surface area contributed by atoms with Crippen LogP contribution in [0.4, 0.5) is 8.78 Å². The molecule has 1 fully saturated rings. The second kappa shape index (κ2) is 9.06. The van der Waals surface area contributed by atoms with Gasteiger partial charge in [-0.05, 0) is 36.8 Å². The van der Waals surface area contributed by atoms with Crippen LogP contribution in [0.25, 0.3) is 0 Å². The molecule has 0 bridgehead atoms. The van der Waals surface area contributed by atoms with Gasteiger partial charge in [-0.15, -0.1) is 0 Å². The van der Waals surface area contributed by atoms with Crippen molar-refractivity contribution in [2.24, 2.45) is 11.8 Å². The average molecular weight is 328 g/mol. The molecule has 0 unspecified atom stereocenters. The van der Waals surface area contributed by atoms with Gasteiger partial charge in [-0.2, -0.15) is 8.78 Å². The van der Waals surface area contributed by atoms with Gasteiger partial charge >= 0.3 is 0 Å². The van der Waals surface area contributed by atoms with Gasteiger partial charge in [0.1, 0.15) is 0 Å². The van der Waals surface area contributed by atoms with Crippen molar-refractivity contribution in [3.05, 3.63) is 23.8 Å². The summed E-state index contributed by atoms with van der Waals surface area (Å²) in [7, 11) is 1.42. The Bertz CT molecular complexity index is 485. The zero-order valence-electron chi connectivity index (χ0n) is 13.9. The van der Waals surface area contributed by atoms with Gasteiger partial charge in [0.05, 0.1) is 6.61 Å². The topological polar surface area (TPSA) is 27.7 Å². The van der Waals surface area contributed by atoms with E-state index in [1.54, 1.807) is 0 Å². The van der Waals surface area contributed by atoms with Crippen molar-refractivity contribution >= 4 is 0 Å². The molecule has 0 atom stereocenters. The molecule has 0 amide bonds. The van der Waals surface area contributed by atoms with Gasteiger partial charge < -0.3 is 14.2 Å². The Morgan fingerprint density at radius 1 is 0.957 bits per heavy atom. The molecular formula is C18H26F2O3. The van der Waals surface area contributed by atoms with Crippen LogP contribution in [0.1, 0.15) is 45.4 Å². The average Bonchev–Trinajstić information content (AvgIpc) is 2.57. The molecule has 1 aliphatic rings. The predicted octanol–water partition coefficient (Wildman–Crippen LogP) is 4.93. The van der Waals surface area contributed by atoms with Crippen molar-refractivity contribution in [1.29, 1.82) is 0 Å². The highest BCUT2D eigenvalue weighted by atomic mass is 19.2. The summed E-state index contributed by atoms with van der Waals surface area (Å²) < 4.78 is 43.0. The summed E-state index contributed by atoms with van der Waals surface area (Å²) in [6.07, 6.45) is 7.14. The lowest BCUT2D eigenvalue weighted by Crippen LogP contribution is -2.20. The van der Waals surface area contributed by atoms with Crippen LogP contribution < -0.4 is 9.47 Å². The molecule has 130 valence electrons. The van der Waals surface area contributed by atoms with E-state index in [-0.39, 0.29) is 18.3 Å². The first-order valence-electron chi connectivity index (χ1n) is 8.38. The van der Waals surface area contributed by atoms with Crippen LogP contribution in [-0.4, -0.2) is 20.5 Å². The maximum atomic E-state index is 14.0. The first kappa shape index (κ1) is 18.0. The van der Waals surface area contributed by atoms with E-state index >= 15 is 0 Å². The Morgan fingerprint density at radius 2 is 1.52 bits per heavy atom. The van der Waals surface area contributed by atoms with E-state index in [4.69, 9.17) is 9.47 Å².